The van der Waals surface area contributed by atoms with Gasteiger partial charge >= 0.3 is 0 Å². The number of hydrogen-bond donors (Lipinski definition) is 1. The first-order valence-electron chi connectivity index (χ1n) is 3.73. The SMILES string of the molecule is CN[C@H]1CC2CCC1O2.S. The molecule has 0 spiro atoms. The lowest BCUT2D eigenvalue weighted by atomic mass is 9.96. The van der Waals surface area contributed by atoms with Gasteiger partial charge in [0.2, 0.25) is 0 Å². The highest BCUT2D eigenvalue weighted by molar-refractivity contribution is 7.59. The van der Waals surface area contributed by atoms with Gasteiger partial charge in [-0.2, -0.15) is 13.5 Å². The minimum Gasteiger partial charge on any atom is -0.373 e. The maximum absolute atomic E-state index is 5.61. The van der Waals surface area contributed by atoms with Crippen LogP contribution in [0.5, 0.6) is 0 Å². The van der Waals surface area contributed by atoms with Crippen LogP contribution in [0.3, 0.4) is 0 Å². The molecule has 2 nitrogen and oxygen atoms in total. The van der Waals surface area contributed by atoms with E-state index in [4.69, 9.17) is 4.74 Å². The molecule has 2 aliphatic rings. The summed E-state index contributed by atoms with van der Waals surface area (Å²) >= 11 is 0. The number of fused-ring (bicyclic) bond motifs is 2. The largest absolute Gasteiger partial charge is 0.373 e. The van der Waals surface area contributed by atoms with Gasteiger partial charge in [0, 0.05) is 6.04 Å². The summed E-state index contributed by atoms with van der Waals surface area (Å²) in [6.45, 7) is 0. The molecular formula is C7H15NOS. The van der Waals surface area contributed by atoms with E-state index in [2.05, 4.69) is 5.32 Å². The van der Waals surface area contributed by atoms with Gasteiger partial charge in [0.25, 0.3) is 0 Å². The average Bonchev–Trinajstić information content (AvgIpc) is 2.45. The summed E-state index contributed by atoms with van der Waals surface area (Å²) in [5.74, 6) is 0. The zero-order valence-electron chi connectivity index (χ0n) is 6.26. The molecule has 2 saturated heterocycles. The molecule has 0 aromatic carbocycles. The van der Waals surface area contributed by atoms with E-state index in [9.17, 15) is 0 Å². The Morgan fingerprint density at radius 1 is 1.40 bits per heavy atom. The van der Waals surface area contributed by atoms with Gasteiger partial charge in [0.1, 0.15) is 0 Å². The van der Waals surface area contributed by atoms with Crippen molar-refractivity contribution in [3.63, 3.8) is 0 Å². The Hall–Kier alpha value is 0.270. The summed E-state index contributed by atoms with van der Waals surface area (Å²) in [5, 5.41) is 3.27. The Balaban J connectivity index is 0.000000500. The van der Waals surface area contributed by atoms with Crippen LogP contribution in [0.1, 0.15) is 19.3 Å². The maximum Gasteiger partial charge on any atom is 0.0733 e. The lowest BCUT2D eigenvalue weighted by Crippen LogP contribution is -2.34. The summed E-state index contributed by atoms with van der Waals surface area (Å²) < 4.78 is 5.61. The van der Waals surface area contributed by atoms with Crippen molar-refractivity contribution in [1.29, 1.82) is 0 Å². The summed E-state index contributed by atoms with van der Waals surface area (Å²) in [4.78, 5) is 0. The van der Waals surface area contributed by atoms with Crippen LogP contribution in [0.4, 0.5) is 0 Å². The van der Waals surface area contributed by atoms with Crippen LogP contribution >= 0.6 is 13.5 Å². The van der Waals surface area contributed by atoms with Gasteiger partial charge < -0.3 is 10.1 Å². The third kappa shape index (κ3) is 1.18. The molecule has 0 aliphatic carbocycles. The van der Waals surface area contributed by atoms with Crippen molar-refractivity contribution < 1.29 is 4.74 Å². The van der Waals surface area contributed by atoms with Crippen LogP contribution in [0.15, 0.2) is 0 Å². The van der Waals surface area contributed by atoms with Crippen LogP contribution in [-0.4, -0.2) is 25.3 Å². The smallest absolute Gasteiger partial charge is 0.0733 e. The fourth-order valence-electron chi connectivity index (χ4n) is 1.94. The van der Waals surface area contributed by atoms with Crippen molar-refractivity contribution in [2.24, 2.45) is 0 Å². The number of rotatable bonds is 1. The van der Waals surface area contributed by atoms with E-state index in [1.165, 1.54) is 19.3 Å². The molecule has 2 fully saturated rings. The quantitative estimate of drug-likeness (QED) is 0.609. The third-order valence-corrected chi connectivity index (χ3v) is 2.48. The van der Waals surface area contributed by atoms with Crippen LogP contribution in [0.2, 0.25) is 0 Å². The molecule has 2 unspecified atom stereocenters. The zero-order chi connectivity index (χ0) is 6.27. The molecule has 2 rings (SSSR count). The first-order chi connectivity index (χ1) is 4.40. The normalized spacial score (nSPS) is 43.5. The van der Waals surface area contributed by atoms with E-state index in [0.717, 1.165) is 0 Å². The van der Waals surface area contributed by atoms with Crippen molar-refractivity contribution >= 4 is 13.5 Å². The predicted molar refractivity (Wildman–Crippen MR) is 45.7 cm³/mol. The molecule has 3 heteroatoms. The number of hydrogen-bond acceptors (Lipinski definition) is 2. The Bertz CT molecular complexity index is 120. The zero-order valence-corrected chi connectivity index (χ0v) is 7.26. The van der Waals surface area contributed by atoms with Crippen LogP contribution < -0.4 is 5.32 Å². The van der Waals surface area contributed by atoms with Crippen molar-refractivity contribution in [3.8, 4) is 0 Å². The maximum atomic E-state index is 5.61. The van der Waals surface area contributed by atoms with Gasteiger partial charge in [-0.05, 0) is 26.3 Å². The van der Waals surface area contributed by atoms with Gasteiger partial charge in [0.15, 0.2) is 0 Å². The molecule has 2 aliphatic heterocycles. The summed E-state index contributed by atoms with van der Waals surface area (Å²) in [6.07, 6.45) is 4.94. The van der Waals surface area contributed by atoms with E-state index < -0.39 is 0 Å². The number of nitrogens with one attached hydrogen (secondary N) is 1. The van der Waals surface area contributed by atoms with Gasteiger partial charge in [-0.25, -0.2) is 0 Å². The highest BCUT2D eigenvalue weighted by atomic mass is 32.1. The van der Waals surface area contributed by atoms with Crippen molar-refractivity contribution in [1.82, 2.24) is 5.32 Å². The topological polar surface area (TPSA) is 21.3 Å². The van der Waals surface area contributed by atoms with Crippen molar-refractivity contribution in [2.75, 3.05) is 7.05 Å². The second-order valence-corrected chi connectivity index (χ2v) is 3.00. The molecule has 3 atom stereocenters. The second kappa shape index (κ2) is 3.11. The Labute approximate surface area is 68.8 Å². The molecule has 1 N–H and O–H groups in total. The molecule has 10 heavy (non-hydrogen) atoms. The lowest BCUT2D eigenvalue weighted by Gasteiger charge is -2.16. The van der Waals surface area contributed by atoms with Gasteiger partial charge in [-0.15, -0.1) is 0 Å². The lowest BCUT2D eigenvalue weighted by molar-refractivity contribution is 0.0983. The summed E-state index contributed by atoms with van der Waals surface area (Å²) in [5.41, 5.74) is 0. The fourth-order valence-corrected chi connectivity index (χ4v) is 1.94. The van der Waals surface area contributed by atoms with Gasteiger partial charge in [-0.1, -0.05) is 0 Å². The van der Waals surface area contributed by atoms with Crippen LogP contribution in [0.25, 0.3) is 0 Å². The van der Waals surface area contributed by atoms with Gasteiger partial charge in [-0.3, -0.25) is 0 Å². The summed E-state index contributed by atoms with van der Waals surface area (Å²) in [7, 11) is 2.02. The van der Waals surface area contributed by atoms with Gasteiger partial charge in [0.05, 0.1) is 12.2 Å². The highest BCUT2D eigenvalue weighted by Gasteiger charge is 2.39. The molecule has 0 radical (unpaired) electrons. The molecular weight excluding hydrogens is 146 g/mol. The fraction of sp³-hybridized carbons (Fsp3) is 1.00. The predicted octanol–water partition coefficient (Wildman–Crippen LogP) is 0.639. The molecule has 60 valence electrons. The Morgan fingerprint density at radius 2 is 2.20 bits per heavy atom. The van der Waals surface area contributed by atoms with E-state index in [1.54, 1.807) is 0 Å². The average molecular weight is 161 g/mol. The van der Waals surface area contributed by atoms with Crippen molar-refractivity contribution in [2.45, 2.75) is 37.5 Å². The van der Waals surface area contributed by atoms with Crippen LogP contribution in [0, 0.1) is 0 Å². The third-order valence-electron chi connectivity index (χ3n) is 2.48. The standard InChI is InChI=1S/C7H13NO.H2S/c1-8-6-4-5-2-3-7(6)9-5;/h5-8H,2-4H2,1H3;1H2/t5?,6-,7?;/m0./s1. The molecule has 0 aromatic heterocycles. The van der Waals surface area contributed by atoms with Crippen molar-refractivity contribution in [3.05, 3.63) is 0 Å². The van der Waals surface area contributed by atoms with E-state index >= 15 is 0 Å². The van der Waals surface area contributed by atoms with Crippen LogP contribution in [-0.2, 0) is 4.74 Å². The first kappa shape index (κ1) is 8.37. The molecule has 0 aromatic rings. The number of ether oxygens (including phenoxy) is 1. The minimum absolute atomic E-state index is 0. The Kier molecular flexibility index (Phi) is 2.61. The van der Waals surface area contributed by atoms with E-state index in [0.29, 0.717) is 18.2 Å². The van der Waals surface area contributed by atoms with E-state index in [-0.39, 0.29) is 13.5 Å². The number of likely N-dealkylation sites (N-methyl/N-ethyl adjacent to an activating group) is 1. The monoisotopic (exact) mass is 161 g/mol. The Morgan fingerprint density at radius 3 is 2.50 bits per heavy atom. The molecule has 2 heterocycles. The second-order valence-electron chi connectivity index (χ2n) is 3.00. The molecule has 0 saturated carbocycles. The molecule has 0 amide bonds. The highest BCUT2D eigenvalue weighted by Crippen LogP contribution is 2.33. The molecule has 2 bridgehead atoms. The van der Waals surface area contributed by atoms with E-state index in [1.807, 2.05) is 7.05 Å². The minimum atomic E-state index is 0. The summed E-state index contributed by atoms with van der Waals surface area (Å²) in [6, 6.07) is 0.656. The first-order valence-corrected chi connectivity index (χ1v) is 3.73.